The van der Waals surface area contributed by atoms with Gasteiger partial charge in [-0.2, -0.15) is 0 Å². The number of piperidine rings is 1. The number of carbonyl (C=O) groups excluding carboxylic acids is 1. The van der Waals surface area contributed by atoms with Gasteiger partial charge in [0, 0.05) is 32.2 Å². The van der Waals surface area contributed by atoms with Crippen LogP contribution in [0.4, 0.5) is 4.79 Å². The number of carboxylic acids is 1. The van der Waals surface area contributed by atoms with Gasteiger partial charge in [0.2, 0.25) is 0 Å². The Bertz CT molecular complexity index is 588. The molecule has 0 radical (unpaired) electrons. The fourth-order valence-corrected chi connectivity index (χ4v) is 3.31. The number of aliphatic hydroxyl groups is 1. The van der Waals surface area contributed by atoms with Crippen LogP contribution in [-0.2, 0) is 4.79 Å². The number of likely N-dealkylation sites (tertiary alicyclic amines) is 1. The highest BCUT2D eigenvalue weighted by Gasteiger charge is 2.32. The number of nitrogens with one attached hydrogen (secondary N) is 1. The van der Waals surface area contributed by atoms with Crippen LogP contribution in [0.5, 0.6) is 0 Å². The average molecular weight is 348 g/mol. The van der Waals surface area contributed by atoms with Gasteiger partial charge in [0.25, 0.3) is 0 Å². The Hall–Kier alpha value is -2.08. The normalized spacial score (nSPS) is 19.3. The van der Waals surface area contributed by atoms with E-state index in [1.807, 2.05) is 44.2 Å². The molecule has 6 nitrogen and oxygen atoms in total. The number of aliphatic hydroxyl groups excluding tert-OH is 1. The molecule has 1 aliphatic rings. The summed E-state index contributed by atoms with van der Waals surface area (Å²) in [4.78, 5) is 25.2. The van der Waals surface area contributed by atoms with E-state index in [9.17, 15) is 14.7 Å². The Morgan fingerprint density at radius 1 is 1.32 bits per heavy atom. The van der Waals surface area contributed by atoms with Crippen LogP contribution >= 0.6 is 0 Å². The van der Waals surface area contributed by atoms with E-state index in [2.05, 4.69) is 5.32 Å². The van der Waals surface area contributed by atoms with Crippen LogP contribution in [0.1, 0.15) is 38.2 Å². The number of carbonyl (C=O) groups is 2. The average Bonchev–Trinajstić information content (AvgIpc) is 2.62. The third-order valence-corrected chi connectivity index (χ3v) is 5.07. The van der Waals surface area contributed by atoms with Crippen molar-refractivity contribution in [1.29, 1.82) is 0 Å². The van der Waals surface area contributed by atoms with E-state index >= 15 is 0 Å². The number of hydrogen-bond acceptors (Lipinski definition) is 3. The van der Waals surface area contributed by atoms with Gasteiger partial charge in [0.15, 0.2) is 0 Å². The fourth-order valence-electron chi connectivity index (χ4n) is 3.31. The Labute approximate surface area is 148 Å². The van der Waals surface area contributed by atoms with Gasteiger partial charge in [0.05, 0.1) is 5.92 Å². The summed E-state index contributed by atoms with van der Waals surface area (Å²) in [7, 11) is 0. The molecule has 2 atom stereocenters. The maximum absolute atomic E-state index is 12.5. The lowest BCUT2D eigenvalue weighted by molar-refractivity contribution is -0.143. The van der Waals surface area contributed by atoms with Gasteiger partial charge in [0.1, 0.15) is 0 Å². The van der Waals surface area contributed by atoms with Crippen molar-refractivity contribution >= 4 is 12.0 Å². The number of aliphatic carboxylic acids is 1. The molecule has 2 unspecified atom stereocenters. The zero-order valence-corrected chi connectivity index (χ0v) is 14.9. The molecule has 1 aliphatic heterocycles. The molecule has 6 heteroatoms. The highest BCUT2D eigenvalue weighted by atomic mass is 16.4. The Morgan fingerprint density at radius 3 is 2.60 bits per heavy atom. The van der Waals surface area contributed by atoms with Crippen molar-refractivity contribution in [3.63, 3.8) is 0 Å². The molecule has 25 heavy (non-hydrogen) atoms. The highest BCUT2D eigenvalue weighted by molar-refractivity contribution is 5.76. The lowest BCUT2D eigenvalue weighted by Gasteiger charge is -2.35. The van der Waals surface area contributed by atoms with Crippen LogP contribution in [0.15, 0.2) is 30.3 Å². The predicted octanol–water partition coefficient (Wildman–Crippen LogP) is 2.29. The third kappa shape index (κ3) is 4.95. The first-order valence-corrected chi connectivity index (χ1v) is 8.76. The largest absolute Gasteiger partial charge is 0.481 e. The maximum atomic E-state index is 12.5. The standard InChI is InChI=1S/C19H28N2O4/c1-19(2,13-22)16(14-7-4-3-5-8-14)11-20-18(25)21-10-6-9-15(12-21)17(23)24/h3-5,7-8,15-16,22H,6,9-13H2,1-2H3,(H,20,25)(H,23,24). The molecule has 0 spiro atoms. The monoisotopic (exact) mass is 348 g/mol. The van der Waals surface area contributed by atoms with Gasteiger partial charge in [-0.1, -0.05) is 44.2 Å². The van der Waals surface area contributed by atoms with Crippen LogP contribution in [0.3, 0.4) is 0 Å². The van der Waals surface area contributed by atoms with Gasteiger partial charge in [-0.25, -0.2) is 4.79 Å². The van der Waals surface area contributed by atoms with Crippen molar-refractivity contribution in [2.45, 2.75) is 32.6 Å². The lowest BCUT2D eigenvalue weighted by Crippen LogP contribution is -2.48. The summed E-state index contributed by atoms with van der Waals surface area (Å²) in [5.41, 5.74) is 0.670. The summed E-state index contributed by atoms with van der Waals surface area (Å²) < 4.78 is 0. The zero-order valence-electron chi connectivity index (χ0n) is 14.9. The summed E-state index contributed by atoms with van der Waals surface area (Å²) in [6.45, 7) is 5.17. The molecule has 0 aliphatic carbocycles. The zero-order chi connectivity index (χ0) is 18.4. The minimum Gasteiger partial charge on any atom is -0.481 e. The van der Waals surface area contributed by atoms with E-state index in [-0.39, 0.29) is 30.5 Å². The number of hydrogen-bond donors (Lipinski definition) is 3. The molecule has 138 valence electrons. The van der Waals surface area contributed by atoms with Crippen LogP contribution in [-0.4, -0.2) is 53.4 Å². The van der Waals surface area contributed by atoms with E-state index in [0.717, 1.165) is 5.56 Å². The van der Waals surface area contributed by atoms with Crippen molar-refractivity contribution in [3.05, 3.63) is 35.9 Å². The molecule has 0 saturated carbocycles. The summed E-state index contributed by atoms with van der Waals surface area (Å²) in [6.07, 6.45) is 1.32. The predicted molar refractivity (Wildman–Crippen MR) is 95.4 cm³/mol. The summed E-state index contributed by atoms with van der Waals surface area (Å²) >= 11 is 0. The lowest BCUT2D eigenvalue weighted by atomic mass is 9.75. The van der Waals surface area contributed by atoms with Crippen molar-refractivity contribution in [1.82, 2.24) is 10.2 Å². The second kappa shape index (κ2) is 8.34. The minimum atomic E-state index is -0.846. The molecule has 2 rings (SSSR count). The van der Waals surface area contributed by atoms with Gasteiger partial charge >= 0.3 is 12.0 Å². The van der Waals surface area contributed by atoms with E-state index in [4.69, 9.17) is 5.11 Å². The van der Waals surface area contributed by atoms with Crippen LogP contribution in [0, 0.1) is 11.3 Å². The van der Waals surface area contributed by atoms with Crippen molar-refractivity contribution in [2.75, 3.05) is 26.2 Å². The second-order valence-electron chi connectivity index (χ2n) is 7.42. The van der Waals surface area contributed by atoms with Crippen molar-refractivity contribution in [2.24, 2.45) is 11.3 Å². The molecular formula is C19H28N2O4. The number of benzene rings is 1. The molecule has 0 aromatic heterocycles. The molecule has 1 saturated heterocycles. The molecular weight excluding hydrogens is 320 g/mol. The Morgan fingerprint density at radius 2 is 2.00 bits per heavy atom. The molecule has 2 amide bonds. The molecule has 0 bridgehead atoms. The Kier molecular flexibility index (Phi) is 6.42. The van der Waals surface area contributed by atoms with Crippen LogP contribution in [0.25, 0.3) is 0 Å². The summed E-state index contributed by atoms with van der Waals surface area (Å²) in [6, 6.07) is 9.58. The van der Waals surface area contributed by atoms with E-state index in [0.29, 0.717) is 25.9 Å². The number of amides is 2. The molecule has 1 fully saturated rings. The topological polar surface area (TPSA) is 89.9 Å². The number of carboxylic acid groups (broad SMARTS) is 1. The van der Waals surface area contributed by atoms with Gasteiger partial charge in [-0.05, 0) is 23.8 Å². The van der Waals surface area contributed by atoms with Crippen LogP contribution in [0.2, 0.25) is 0 Å². The maximum Gasteiger partial charge on any atom is 0.317 e. The second-order valence-corrected chi connectivity index (χ2v) is 7.42. The minimum absolute atomic E-state index is 0.00718. The number of urea groups is 1. The van der Waals surface area contributed by atoms with Crippen LogP contribution < -0.4 is 5.32 Å². The van der Waals surface area contributed by atoms with Crippen molar-refractivity contribution < 1.29 is 19.8 Å². The van der Waals surface area contributed by atoms with E-state index in [1.165, 1.54) is 0 Å². The Balaban J connectivity index is 2.02. The highest BCUT2D eigenvalue weighted by Crippen LogP contribution is 2.34. The van der Waals surface area contributed by atoms with Crippen molar-refractivity contribution in [3.8, 4) is 0 Å². The summed E-state index contributed by atoms with van der Waals surface area (Å²) in [5, 5.41) is 21.8. The first-order valence-electron chi connectivity index (χ1n) is 8.76. The third-order valence-electron chi connectivity index (χ3n) is 5.07. The number of nitrogens with zero attached hydrogens (tertiary/aromatic N) is 1. The first-order chi connectivity index (χ1) is 11.8. The smallest absolute Gasteiger partial charge is 0.317 e. The molecule has 1 aromatic rings. The number of rotatable bonds is 6. The SMILES string of the molecule is CC(C)(CO)C(CNC(=O)N1CCCC(C(=O)O)C1)c1ccccc1. The fraction of sp³-hybridized carbons (Fsp3) is 0.579. The first kappa shape index (κ1) is 19.2. The van der Waals surface area contributed by atoms with E-state index in [1.54, 1.807) is 4.90 Å². The van der Waals surface area contributed by atoms with Gasteiger partial charge < -0.3 is 20.4 Å². The van der Waals surface area contributed by atoms with E-state index < -0.39 is 11.9 Å². The molecule has 3 N–H and O–H groups in total. The molecule has 1 heterocycles. The van der Waals surface area contributed by atoms with Gasteiger partial charge in [-0.3, -0.25) is 4.79 Å². The van der Waals surface area contributed by atoms with Gasteiger partial charge in [-0.15, -0.1) is 0 Å². The summed E-state index contributed by atoms with van der Waals surface area (Å²) in [5.74, 6) is -1.37. The quantitative estimate of drug-likeness (QED) is 0.736. The molecule has 1 aromatic carbocycles.